The van der Waals surface area contributed by atoms with Crippen molar-refractivity contribution < 1.29 is 9.13 Å². The van der Waals surface area contributed by atoms with E-state index in [2.05, 4.69) is 5.32 Å². The minimum absolute atomic E-state index is 0.162. The van der Waals surface area contributed by atoms with Crippen LogP contribution < -0.4 is 5.32 Å². The lowest BCUT2D eigenvalue weighted by Gasteiger charge is -2.25. The van der Waals surface area contributed by atoms with Crippen LogP contribution in [0.3, 0.4) is 0 Å². The number of hydrogen-bond acceptors (Lipinski definition) is 2. The zero-order chi connectivity index (χ0) is 12.2. The topological polar surface area (TPSA) is 21.3 Å². The number of hydrogen-bond donors (Lipinski definition) is 1. The molecule has 4 heteroatoms. The molecule has 0 radical (unpaired) electrons. The summed E-state index contributed by atoms with van der Waals surface area (Å²) in [5.41, 5.74) is 0.593. The molecule has 0 aliphatic carbocycles. The molecule has 0 unspecified atom stereocenters. The lowest BCUT2D eigenvalue weighted by molar-refractivity contribution is 0.127. The maximum atomic E-state index is 13.2. The molecule has 1 N–H and O–H groups in total. The highest BCUT2D eigenvalue weighted by Crippen LogP contribution is 2.20. The molecule has 0 aliphatic heterocycles. The quantitative estimate of drug-likeness (QED) is 0.861. The molecule has 90 valence electrons. The first-order valence-corrected chi connectivity index (χ1v) is 5.51. The molecule has 16 heavy (non-hydrogen) atoms. The lowest BCUT2D eigenvalue weighted by Crippen LogP contribution is -2.42. The van der Waals surface area contributed by atoms with Gasteiger partial charge in [0.2, 0.25) is 0 Å². The molecular formula is C12H17ClFNO. The summed E-state index contributed by atoms with van der Waals surface area (Å²) in [5.74, 6) is -0.384. The molecule has 1 aromatic carbocycles. The molecule has 0 aliphatic rings. The van der Waals surface area contributed by atoms with Gasteiger partial charge in [-0.1, -0.05) is 23.7 Å². The normalized spacial score (nSPS) is 11.8. The van der Waals surface area contributed by atoms with Crippen LogP contribution >= 0.6 is 11.6 Å². The van der Waals surface area contributed by atoms with Crippen LogP contribution in [0.5, 0.6) is 0 Å². The van der Waals surface area contributed by atoms with E-state index in [-0.39, 0.29) is 16.4 Å². The zero-order valence-corrected chi connectivity index (χ0v) is 10.6. The Bertz CT molecular complexity index is 355. The van der Waals surface area contributed by atoms with Crippen molar-refractivity contribution in [3.8, 4) is 0 Å². The minimum atomic E-state index is -0.384. The van der Waals surface area contributed by atoms with Crippen molar-refractivity contribution in [2.75, 3.05) is 13.7 Å². The van der Waals surface area contributed by atoms with E-state index in [1.807, 2.05) is 13.8 Å². The maximum absolute atomic E-state index is 13.2. The van der Waals surface area contributed by atoms with E-state index in [0.717, 1.165) is 5.56 Å². The number of halogens is 2. The summed E-state index contributed by atoms with van der Waals surface area (Å²) in [4.78, 5) is 0. The third kappa shape index (κ3) is 3.74. The number of nitrogens with one attached hydrogen (secondary N) is 1. The SMILES string of the molecule is COCC(C)(C)NCc1cccc(F)c1Cl. The molecular weight excluding hydrogens is 229 g/mol. The van der Waals surface area contributed by atoms with Gasteiger partial charge in [0.1, 0.15) is 5.82 Å². The van der Waals surface area contributed by atoms with Gasteiger partial charge in [0.15, 0.2) is 0 Å². The monoisotopic (exact) mass is 245 g/mol. The van der Waals surface area contributed by atoms with Crippen molar-refractivity contribution >= 4 is 11.6 Å². The fraction of sp³-hybridized carbons (Fsp3) is 0.500. The molecule has 0 heterocycles. The van der Waals surface area contributed by atoms with Gasteiger partial charge in [-0.05, 0) is 25.5 Å². The van der Waals surface area contributed by atoms with Gasteiger partial charge in [-0.25, -0.2) is 4.39 Å². The number of methoxy groups -OCH3 is 1. The fourth-order valence-corrected chi connectivity index (χ4v) is 1.62. The minimum Gasteiger partial charge on any atom is -0.383 e. The van der Waals surface area contributed by atoms with Crippen molar-refractivity contribution in [2.24, 2.45) is 0 Å². The predicted molar refractivity (Wildman–Crippen MR) is 64.2 cm³/mol. The summed E-state index contributed by atoms with van der Waals surface area (Å²) in [6.07, 6.45) is 0. The van der Waals surface area contributed by atoms with Gasteiger partial charge in [0.05, 0.1) is 11.6 Å². The van der Waals surface area contributed by atoms with E-state index in [0.29, 0.717) is 13.2 Å². The van der Waals surface area contributed by atoms with Crippen molar-refractivity contribution in [1.82, 2.24) is 5.32 Å². The Morgan fingerprint density at radius 2 is 2.12 bits per heavy atom. The van der Waals surface area contributed by atoms with Crippen LogP contribution in [0, 0.1) is 5.82 Å². The average Bonchev–Trinajstić information content (AvgIpc) is 2.20. The molecule has 0 saturated carbocycles. The van der Waals surface area contributed by atoms with Gasteiger partial charge in [0.25, 0.3) is 0 Å². The third-order valence-corrected chi connectivity index (χ3v) is 2.72. The van der Waals surface area contributed by atoms with Crippen molar-refractivity contribution in [3.63, 3.8) is 0 Å². The summed E-state index contributed by atoms with van der Waals surface area (Å²) >= 11 is 5.85. The smallest absolute Gasteiger partial charge is 0.142 e. The molecule has 0 aromatic heterocycles. The summed E-state index contributed by atoms with van der Waals surface area (Å²) < 4.78 is 18.2. The van der Waals surface area contributed by atoms with Crippen LogP contribution in [0.1, 0.15) is 19.4 Å². The first-order chi connectivity index (χ1) is 7.46. The van der Waals surface area contributed by atoms with Crippen LogP contribution in [0.4, 0.5) is 4.39 Å². The second-order valence-electron chi connectivity index (χ2n) is 4.38. The van der Waals surface area contributed by atoms with Gasteiger partial charge in [0, 0.05) is 19.2 Å². The van der Waals surface area contributed by atoms with Gasteiger partial charge < -0.3 is 10.1 Å². The zero-order valence-electron chi connectivity index (χ0n) is 9.81. The molecule has 0 fully saturated rings. The Morgan fingerprint density at radius 3 is 2.75 bits per heavy atom. The summed E-state index contributed by atoms with van der Waals surface area (Å²) in [6.45, 7) is 5.14. The van der Waals surface area contributed by atoms with Crippen LogP contribution in [-0.4, -0.2) is 19.3 Å². The Morgan fingerprint density at radius 1 is 1.44 bits per heavy atom. The Balaban J connectivity index is 2.64. The molecule has 0 spiro atoms. The standard InChI is InChI=1S/C12H17ClFNO/c1-12(2,8-16-3)15-7-9-5-4-6-10(14)11(9)13/h4-6,15H,7-8H2,1-3H3. The molecule has 2 nitrogen and oxygen atoms in total. The molecule has 0 atom stereocenters. The Labute approximate surface area is 101 Å². The van der Waals surface area contributed by atoms with E-state index in [1.54, 1.807) is 19.2 Å². The second-order valence-corrected chi connectivity index (χ2v) is 4.76. The molecule has 1 rings (SSSR count). The van der Waals surface area contributed by atoms with Crippen LogP contribution in [0.15, 0.2) is 18.2 Å². The van der Waals surface area contributed by atoms with Gasteiger partial charge >= 0.3 is 0 Å². The summed E-state index contributed by atoms with van der Waals surface area (Å²) in [5, 5.41) is 3.45. The maximum Gasteiger partial charge on any atom is 0.142 e. The number of ether oxygens (including phenoxy) is 1. The molecule has 0 saturated heterocycles. The average molecular weight is 246 g/mol. The first-order valence-electron chi connectivity index (χ1n) is 5.13. The summed E-state index contributed by atoms with van der Waals surface area (Å²) in [7, 11) is 1.65. The van der Waals surface area contributed by atoms with Crippen LogP contribution in [-0.2, 0) is 11.3 Å². The van der Waals surface area contributed by atoms with Crippen molar-refractivity contribution in [3.05, 3.63) is 34.6 Å². The lowest BCUT2D eigenvalue weighted by atomic mass is 10.1. The highest BCUT2D eigenvalue weighted by molar-refractivity contribution is 6.31. The number of rotatable bonds is 5. The van der Waals surface area contributed by atoms with E-state index in [1.165, 1.54) is 6.07 Å². The van der Waals surface area contributed by atoms with Crippen molar-refractivity contribution in [2.45, 2.75) is 25.9 Å². The Kier molecular flexibility index (Phi) is 4.71. The fourth-order valence-electron chi connectivity index (χ4n) is 1.43. The summed E-state index contributed by atoms with van der Waals surface area (Å²) in [6, 6.07) is 4.81. The molecule has 1 aromatic rings. The molecule has 0 bridgehead atoms. The number of benzene rings is 1. The van der Waals surface area contributed by atoms with E-state index >= 15 is 0 Å². The van der Waals surface area contributed by atoms with E-state index < -0.39 is 0 Å². The van der Waals surface area contributed by atoms with Gasteiger partial charge in [-0.15, -0.1) is 0 Å². The molecule has 0 amide bonds. The van der Waals surface area contributed by atoms with Crippen LogP contribution in [0.25, 0.3) is 0 Å². The van der Waals surface area contributed by atoms with Gasteiger partial charge in [-0.2, -0.15) is 0 Å². The highest BCUT2D eigenvalue weighted by Gasteiger charge is 2.17. The second kappa shape index (κ2) is 5.62. The first kappa shape index (κ1) is 13.4. The van der Waals surface area contributed by atoms with Crippen LogP contribution in [0.2, 0.25) is 5.02 Å². The van der Waals surface area contributed by atoms with E-state index in [9.17, 15) is 4.39 Å². The highest BCUT2D eigenvalue weighted by atomic mass is 35.5. The van der Waals surface area contributed by atoms with E-state index in [4.69, 9.17) is 16.3 Å². The third-order valence-electron chi connectivity index (χ3n) is 2.29. The largest absolute Gasteiger partial charge is 0.383 e. The van der Waals surface area contributed by atoms with Crippen molar-refractivity contribution in [1.29, 1.82) is 0 Å². The van der Waals surface area contributed by atoms with Gasteiger partial charge in [-0.3, -0.25) is 0 Å². The predicted octanol–water partition coefficient (Wildman–Crippen LogP) is 2.99. The Hall–Kier alpha value is -0.640.